The van der Waals surface area contributed by atoms with Gasteiger partial charge in [-0.15, -0.1) is 11.8 Å². The van der Waals surface area contributed by atoms with Gasteiger partial charge in [-0.2, -0.15) is 0 Å². The lowest BCUT2D eigenvalue weighted by atomic mass is 10.2. The first kappa shape index (κ1) is 18.7. The number of methoxy groups -OCH3 is 2. The van der Waals surface area contributed by atoms with Gasteiger partial charge in [-0.3, -0.25) is 4.79 Å². The summed E-state index contributed by atoms with van der Waals surface area (Å²) >= 11 is 1.59. The van der Waals surface area contributed by atoms with Crippen LogP contribution in [0.5, 0.6) is 11.5 Å². The molecule has 7 heteroatoms. The topological polar surface area (TPSA) is 73.9 Å². The van der Waals surface area contributed by atoms with E-state index in [1.165, 1.54) is 20.3 Å². The molecule has 0 heterocycles. The average Bonchev–Trinajstić information content (AvgIpc) is 2.65. The summed E-state index contributed by atoms with van der Waals surface area (Å²) < 4.78 is 15.1. The van der Waals surface area contributed by atoms with Crippen LogP contribution in [0.15, 0.2) is 47.4 Å². The van der Waals surface area contributed by atoms with Gasteiger partial charge in [0.05, 0.1) is 14.2 Å². The standard InChI is InChI=1S/C18H19NO5S/c1-22-15-8-7-12(9-16(15)24-11-17(20)23-2)18(21)19-13-5-4-6-14(10-13)25-3/h4-10H,11H2,1-3H3,(H,19,21). The van der Waals surface area contributed by atoms with Crippen LogP contribution < -0.4 is 14.8 Å². The number of amides is 1. The Hall–Kier alpha value is -2.67. The number of ether oxygens (including phenoxy) is 3. The van der Waals surface area contributed by atoms with E-state index >= 15 is 0 Å². The molecule has 0 aromatic heterocycles. The molecule has 1 amide bonds. The lowest BCUT2D eigenvalue weighted by Crippen LogP contribution is -2.15. The third-order valence-corrected chi connectivity index (χ3v) is 4.05. The van der Waals surface area contributed by atoms with Gasteiger partial charge in [-0.1, -0.05) is 6.07 Å². The second kappa shape index (κ2) is 8.98. The highest BCUT2D eigenvalue weighted by atomic mass is 32.2. The van der Waals surface area contributed by atoms with Crippen LogP contribution in [-0.2, 0) is 9.53 Å². The SMILES string of the molecule is COC(=O)COc1cc(C(=O)Nc2cccc(SC)c2)ccc1OC. The molecular formula is C18H19NO5S. The summed E-state index contributed by atoms with van der Waals surface area (Å²) in [6, 6.07) is 12.3. The third-order valence-electron chi connectivity index (χ3n) is 3.33. The minimum Gasteiger partial charge on any atom is -0.493 e. The van der Waals surface area contributed by atoms with Crippen molar-refractivity contribution in [2.45, 2.75) is 4.90 Å². The molecule has 0 aliphatic rings. The molecular weight excluding hydrogens is 342 g/mol. The van der Waals surface area contributed by atoms with Gasteiger partial charge in [0, 0.05) is 16.1 Å². The van der Waals surface area contributed by atoms with Crippen molar-refractivity contribution in [1.82, 2.24) is 0 Å². The lowest BCUT2D eigenvalue weighted by molar-refractivity contribution is -0.142. The van der Waals surface area contributed by atoms with Crippen molar-refractivity contribution in [2.75, 3.05) is 32.4 Å². The maximum Gasteiger partial charge on any atom is 0.343 e. The molecule has 0 radical (unpaired) electrons. The molecule has 25 heavy (non-hydrogen) atoms. The Morgan fingerprint density at radius 3 is 2.56 bits per heavy atom. The number of esters is 1. The molecule has 6 nitrogen and oxygen atoms in total. The summed E-state index contributed by atoms with van der Waals surface area (Å²) in [4.78, 5) is 24.7. The van der Waals surface area contributed by atoms with E-state index in [1.54, 1.807) is 23.9 Å². The van der Waals surface area contributed by atoms with Gasteiger partial charge in [0.15, 0.2) is 18.1 Å². The Kier molecular flexibility index (Phi) is 6.71. The van der Waals surface area contributed by atoms with Gasteiger partial charge < -0.3 is 19.5 Å². The van der Waals surface area contributed by atoms with E-state index in [0.717, 1.165) is 4.90 Å². The van der Waals surface area contributed by atoms with E-state index in [-0.39, 0.29) is 12.5 Å². The molecule has 0 spiro atoms. The number of carbonyl (C=O) groups is 2. The van der Waals surface area contributed by atoms with Crippen LogP contribution in [-0.4, -0.2) is 39.0 Å². The molecule has 0 fully saturated rings. The lowest BCUT2D eigenvalue weighted by Gasteiger charge is -2.12. The summed E-state index contributed by atoms with van der Waals surface area (Å²) in [7, 11) is 2.75. The molecule has 2 aromatic carbocycles. The average molecular weight is 361 g/mol. The number of rotatable bonds is 7. The van der Waals surface area contributed by atoms with Crippen LogP contribution in [0.1, 0.15) is 10.4 Å². The predicted molar refractivity (Wildman–Crippen MR) is 96.7 cm³/mol. The van der Waals surface area contributed by atoms with Gasteiger partial charge >= 0.3 is 5.97 Å². The second-order valence-corrected chi connectivity index (χ2v) is 5.80. The Morgan fingerprint density at radius 2 is 1.88 bits per heavy atom. The fourth-order valence-electron chi connectivity index (χ4n) is 2.03. The molecule has 0 saturated heterocycles. The fourth-order valence-corrected chi connectivity index (χ4v) is 2.49. The van der Waals surface area contributed by atoms with Crippen molar-refractivity contribution in [2.24, 2.45) is 0 Å². The minimum absolute atomic E-state index is 0.270. The molecule has 0 saturated carbocycles. The number of hydrogen-bond acceptors (Lipinski definition) is 6. The highest BCUT2D eigenvalue weighted by Gasteiger charge is 2.13. The third kappa shape index (κ3) is 5.15. The number of carbonyl (C=O) groups excluding carboxylic acids is 2. The van der Waals surface area contributed by atoms with Crippen molar-refractivity contribution in [3.8, 4) is 11.5 Å². The van der Waals surface area contributed by atoms with Crippen molar-refractivity contribution < 1.29 is 23.8 Å². The van der Waals surface area contributed by atoms with Gasteiger partial charge in [0.1, 0.15) is 0 Å². The zero-order chi connectivity index (χ0) is 18.2. The van der Waals surface area contributed by atoms with E-state index in [1.807, 2.05) is 30.5 Å². The van der Waals surface area contributed by atoms with Crippen LogP contribution >= 0.6 is 11.8 Å². The number of hydrogen-bond donors (Lipinski definition) is 1. The Morgan fingerprint density at radius 1 is 1.08 bits per heavy atom. The van der Waals surface area contributed by atoms with E-state index in [4.69, 9.17) is 9.47 Å². The number of benzene rings is 2. The largest absolute Gasteiger partial charge is 0.493 e. The fraction of sp³-hybridized carbons (Fsp3) is 0.222. The molecule has 0 bridgehead atoms. The van der Waals surface area contributed by atoms with Crippen LogP contribution in [0.3, 0.4) is 0 Å². The minimum atomic E-state index is -0.522. The first-order valence-corrected chi connectivity index (χ1v) is 8.63. The van der Waals surface area contributed by atoms with Gasteiger partial charge in [0.25, 0.3) is 5.91 Å². The molecule has 132 valence electrons. The highest BCUT2D eigenvalue weighted by molar-refractivity contribution is 7.98. The first-order valence-electron chi connectivity index (χ1n) is 7.40. The summed E-state index contributed by atoms with van der Waals surface area (Å²) in [6.45, 7) is -0.270. The quantitative estimate of drug-likeness (QED) is 0.603. The van der Waals surface area contributed by atoms with E-state index < -0.39 is 5.97 Å². The van der Waals surface area contributed by atoms with Gasteiger partial charge in [0.2, 0.25) is 0 Å². The van der Waals surface area contributed by atoms with Crippen molar-refractivity contribution in [1.29, 1.82) is 0 Å². The summed E-state index contributed by atoms with van der Waals surface area (Å²) in [5.74, 6) is -0.0992. The zero-order valence-electron chi connectivity index (χ0n) is 14.2. The first-order chi connectivity index (χ1) is 12.1. The van der Waals surface area contributed by atoms with Gasteiger partial charge in [-0.05, 0) is 42.7 Å². The maximum atomic E-state index is 12.5. The molecule has 2 aromatic rings. The van der Waals surface area contributed by atoms with Crippen LogP contribution in [0.4, 0.5) is 5.69 Å². The molecule has 1 N–H and O–H groups in total. The van der Waals surface area contributed by atoms with E-state index in [2.05, 4.69) is 10.1 Å². The second-order valence-electron chi connectivity index (χ2n) is 4.92. The highest BCUT2D eigenvalue weighted by Crippen LogP contribution is 2.28. The molecule has 0 aliphatic heterocycles. The zero-order valence-corrected chi connectivity index (χ0v) is 15.0. The van der Waals surface area contributed by atoms with Crippen molar-refractivity contribution >= 4 is 29.3 Å². The van der Waals surface area contributed by atoms with Crippen LogP contribution in [0.2, 0.25) is 0 Å². The van der Waals surface area contributed by atoms with E-state index in [9.17, 15) is 9.59 Å². The maximum absolute atomic E-state index is 12.5. The predicted octanol–water partition coefficient (Wildman–Crippen LogP) is 3.22. The van der Waals surface area contributed by atoms with Crippen LogP contribution in [0, 0.1) is 0 Å². The Labute approximate surface area is 150 Å². The molecule has 0 atom stereocenters. The van der Waals surface area contributed by atoms with Crippen molar-refractivity contribution in [3.63, 3.8) is 0 Å². The number of anilines is 1. The van der Waals surface area contributed by atoms with Crippen molar-refractivity contribution in [3.05, 3.63) is 48.0 Å². The number of thioether (sulfide) groups is 1. The monoisotopic (exact) mass is 361 g/mol. The smallest absolute Gasteiger partial charge is 0.343 e. The summed E-state index contributed by atoms with van der Waals surface area (Å²) in [5.41, 5.74) is 1.08. The normalized spacial score (nSPS) is 10.0. The summed E-state index contributed by atoms with van der Waals surface area (Å²) in [5, 5.41) is 2.83. The molecule has 0 aliphatic carbocycles. The Balaban J connectivity index is 2.17. The van der Waals surface area contributed by atoms with Gasteiger partial charge in [-0.25, -0.2) is 4.79 Å². The Bertz CT molecular complexity index is 763. The van der Waals surface area contributed by atoms with Crippen LogP contribution in [0.25, 0.3) is 0 Å². The molecule has 2 rings (SSSR count). The number of nitrogens with one attached hydrogen (secondary N) is 1. The van der Waals surface area contributed by atoms with E-state index in [0.29, 0.717) is 22.7 Å². The molecule has 0 unspecified atom stereocenters. The summed E-state index contributed by atoms with van der Waals surface area (Å²) in [6.07, 6.45) is 1.97.